The van der Waals surface area contributed by atoms with Crippen LogP contribution in [0.15, 0.2) is 50.9 Å². The van der Waals surface area contributed by atoms with Crippen molar-refractivity contribution in [3.8, 4) is 0 Å². The van der Waals surface area contributed by atoms with Crippen molar-refractivity contribution in [1.29, 1.82) is 0 Å². The maximum absolute atomic E-state index is 12.5. The van der Waals surface area contributed by atoms with Gasteiger partial charge in [-0.2, -0.15) is 0 Å². The Balaban J connectivity index is 1.39. The lowest BCUT2D eigenvalue weighted by Crippen LogP contribution is -2.22. The second-order valence-corrected chi connectivity index (χ2v) is 11.0. The first-order chi connectivity index (χ1) is 15.2. The molecular formula is C22H26N4O4S2. The Kier molecular flexibility index (Phi) is 6.45. The molecule has 0 saturated carbocycles. The van der Waals surface area contributed by atoms with Gasteiger partial charge in [0.25, 0.3) is 5.22 Å². The van der Waals surface area contributed by atoms with Gasteiger partial charge in [0.1, 0.15) is 5.52 Å². The predicted octanol–water partition coefficient (Wildman–Crippen LogP) is 3.72. The number of sulfonamides is 1. The molecule has 3 aromatic rings. The lowest BCUT2D eigenvalue weighted by molar-refractivity contribution is -0.113. The molecule has 32 heavy (non-hydrogen) atoms. The zero-order chi connectivity index (χ0) is 22.9. The molecule has 10 heteroatoms. The summed E-state index contributed by atoms with van der Waals surface area (Å²) in [5.74, 6) is -0.0339. The molecular weight excluding hydrogens is 448 g/mol. The molecule has 2 aromatic carbocycles. The minimum atomic E-state index is -3.55. The molecule has 1 fully saturated rings. The quantitative estimate of drug-likeness (QED) is 0.522. The molecule has 1 N–H and O–H groups in total. The van der Waals surface area contributed by atoms with Crippen LogP contribution in [0.1, 0.15) is 18.4 Å². The van der Waals surface area contributed by atoms with E-state index in [4.69, 9.17) is 4.42 Å². The van der Waals surface area contributed by atoms with Crippen LogP contribution in [-0.2, 0) is 14.8 Å². The van der Waals surface area contributed by atoms with Crippen molar-refractivity contribution in [3.05, 3.63) is 42.0 Å². The first kappa shape index (κ1) is 22.6. The van der Waals surface area contributed by atoms with Gasteiger partial charge in [-0.15, -0.1) is 0 Å². The lowest BCUT2D eigenvalue weighted by atomic mass is 10.1. The van der Waals surface area contributed by atoms with E-state index in [2.05, 4.69) is 21.3 Å². The molecule has 8 nitrogen and oxygen atoms in total. The molecule has 0 spiro atoms. The smallest absolute Gasteiger partial charge is 0.257 e. The first-order valence-electron chi connectivity index (χ1n) is 10.4. The van der Waals surface area contributed by atoms with Crippen LogP contribution in [0.5, 0.6) is 0 Å². The van der Waals surface area contributed by atoms with E-state index in [0.717, 1.165) is 40.4 Å². The highest BCUT2D eigenvalue weighted by Gasteiger charge is 2.19. The van der Waals surface area contributed by atoms with Crippen LogP contribution in [0.25, 0.3) is 11.1 Å². The number of hydrogen-bond acceptors (Lipinski definition) is 7. The molecule has 170 valence electrons. The Hall–Kier alpha value is -2.56. The van der Waals surface area contributed by atoms with Crippen LogP contribution >= 0.6 is 11.8 Å². The molecule has 1 amide bonds. The van der Waals surface area contributed by atoms with E-state index in [1.807, 2.05) is 19.1 Å². The van der Waals surface area contributed by atoms with Crippen molar-refractivity contribution < 1.29 is 17.6 Å². The van der Waals surface area contributed by atoms with E-state index < -0.39 is 10.0 Å². The molecule has 0 aliphatic carbocycles. The van der Waals surface area contributed by atoms with Gasteiger partial charge in [0.2, 0.25) is 15.9 Å². The number of anilines is 2. The summed E-state index contributed by atoms with van der Waals surface area (Å²) in [6.45, 7) is 4.15. The molecule has 4 rings (SSSR count). The summed E-state index contributed by atoms with van der Waals surface area (Å²) >= 11 is 1.16. The number of nitrogens with one attached hydrogen (secondary N) is 1. The molecule has 0 atom stereocenters. The van der Waals surface area contributed by atoms with Gasteiger partial charge in [-0.05, 0) is 61.7 Å². The van der Waals surface area contributed by atoms with E-state index in [1.165, 1.54) is 44.8 Å². The highest BCUT2D eigenvalue weighted by molar-refractivity contribution is 7.99. The SMILES string of the molecule is Cc1cc(N2CCCC2)ccc1NC(=O)CSc1nc2cc(S(=O)(=O)N(C)C)ccc2o1. The van der Waals surface area contributed by atoms with Crippen molar-refractivity contribution >= 4 is 50.2 Å². The average Bonchev–Trinajstić information content (AvgIpc) is 3.42. The first-order valence-corrected chi connectivity index (χ1v) is 12.8. The molecule has 2 heterocycles. The zero-order valence-electron chi connectivity index (χ0n) is 18.3. The molecule has 0 unspecified atom stereocenters. The molecule has 1 aliphatic rings. The van der Waals surface area contributed by atoms with Gasteiger partial charge < -0.3 is 14.6 Å². The fourth-order valence-corrected chi connectivity index (χ4v) is 5.15. The van der Waals surface area contributed by atoms with Crippen LogP contribution in [0, 0.1) is 6.92 Å². The van der Waals surface area contributed by atoms with Crippen LogP contribution in [0.4, 0.5) is 11.4 Å². The second-order valence-electron chi connectivity index (χ2n) is 7.93. The summed E-state index contributed by atoms with van der Waals surface area (Å²) in [6.07, 6.45) is 2.44. The number of aromatic nitrogens is 1. The van der Waals surface area contributed by atoms with Gasteiger partial charge in [0.05, 0.1) is 10.6 Å². The minimum absolute atomic E-state index is 0.128. The largest absolute Gasteiger partial charge is 0.431 e. The number of oxazole rings is 1. The van der Waals surface area contributed by atoms with Crippen LogP contribution in [-0.4, -0.2) is 56.6 Å². The number of hydrogen-bond donors (Lipinski definition) is 1. The maximum atomic E-state index is 12.5. The van der Waals surface area contributed by atoms with E-state index in [0.29, 0.717) is 16.3 Å². The third-order valence-corrected chi connectivity index (χ3v) is 8.04. The predicted molar refractivity (Wildman–Crippen MR) is 127 cm³/mol. The standard InChI is InChI=1S/C22H26N4O4S2/c1-15-12-16(26-10-4-5-11-26)6-8-18(15)23-21(27)14-31-22-24-19-13-17(7-9-20(19)30-22)32(28,29)25(2)3/h6-9,12-13H,4-5,10-11,14H2,1-3H3,(H,23,27). The van der Waals surface area contributed by atoms with Crippen molar-refractivity contribution in [2.24, 2.45) is 0 Å². The average molecular weight is 475 g/mol. The minimum Gasteiger partial charge on any atom is -0.431 e. The van der Waals surface area contributed by atoms with E-state index in [1.54, 1.807) is 6.07 Å². The van der Waals surface area contributed by atoms with Gasteiger partial charge >= 0.3 is 0 Å². The molecule has 1 aromatic heterocycles. The van der Waals surface area contributed by atoms with Crippen molar-refractivity contribution in [3.63, 3.8) is 0 Å². The summed E-state index contributed by atoms with van der Waals surface area (Å²) in [7, 11) is -0.602. The van der Waals surface area contributed by atoms with Crippen LogP contribution < -0.4 is 10.2 Å². The van der Waals surface area contributed by atoms with Gasteiger partial charge in [0.15, 0.2) is 5.58 Å². The van der Waals surface area contributed by atoms with Crippen LogP contribution in [0.3, 0.4) is 0 Å². The van der Waals surface area contributed by atoms with Gasteiger partial charge in [-0.3, -0.25) is 4.79 Å². The number of rotatable bonds is 7. The van der Waals surface area contributed by atoms with E-state index in [-0.39, 0.29) is 16.6 Å². The van der Waals surface area contributed by atoms with Crippen LogP contribution in [0.2, 0.25) is 0 Å². The third-order valence-electron chi connectivity index (χ3n) is 5.40. The number of aryl methyl sites for hydroxylation is 1. The third kappa shape index (κ3) is 4.77. The Labute approximate surface area is 192 Å². The molecule has 1 saturated heterocycles. The Morgan fingerprint density at radius 3 is 2.62 bits per heavy atom. The van der Waals surface area contributed by atoms with Crippen molar-refractivity contribution in [2.75, 3.05) is 43.2 Å². The Bertz CT molecular complexity index is 1250. The monoisotopic (exact) mass is 474 g/mol. The number of thioether (sulfide) groups is 1. The van der Waals surface area contributed by atoms with E-state index in [9.17, 15) is 13.2 Å². The number of carbonyl (C=O) groups excluding carboxylic acids is 1. The number of amides is 1. The van der Waals surface area contributed by atoms with E-state index >= 15 is 0 Å². The number of nitrogens with zero attached hydrogens (tertiary/aromatic N) is 3. The number of benzene rings is 2. The summed E-state index contributed by atoms with van der Waals surface area (Å²) < 4.78 is 31.4. The normalized spacial score (nSPS) is 14.4. The van der Waals surface area contributed by atoms with Gasteiger partial charge in [-0.1, -0.05) is 11.8 Å². The summed E-state index contributed by atoms with van der Waals surface area (Å²) in [5, 5.41) is 3.26. The highest BCUT2D eigenvalue weighted by Crippen LogP contribution is 2.28. The summed E-state index contributed by atoms with van der Waals surface area (Å²) in [5.41, 5.74) is 3.90. The fraction of sp³-hybridized carbons (Fsp3) is 0.364. The number of fused-ring (bicyclic) bond motifs is 1. The molecule has 0 bridgehead atoms. The lowest BCUT2D eigenvalue weighted by Gasteiger charge is -2.19. The fourth-order valence-electron chi connectivity index (χ4n) is 3.59. The van der Waals surface area contributed by atoms with Gasteiger partial charge in [-0.25, -0.2) is 17.7 Å². The zero-order valence-corrected chi connectivity index (χ0v) is 19.9. The maximum Gasteiger partial charge on any atom is 0.257 e. The summed E-state index contributed by atoms with van der Waals surface area (Å²) in [6, 6.07) is 10.6. The topological polar surface area (TPSA) is 95.8 Å². The Morgan fingerprint density at radius 1 is 1.19 bits per heavy atom. The molecule has 0 radical (unpaired) electrons. The summed E-state index contributed by atoms with van der Waals surface area (Å²) in [4.78, 5) is 19.3. The Morgan fingerprint density at radius 2 is 1.94 bits per heavy atom. The molecule has 1 aliphatic heterocycles. The number of carbonyl (C=O) groups is 1. The highest BCUT2D eigenvalue weighted by atomic mass is 32.2. The van der Waals surface area contributed by atoms with Gasteiger partial charge in [0, 0.05) is 38.6 Å². The second kappa shape index (κ2) is 9.13. The van der Waals surface area contributed by atoms with Crippen molar-refractivity contribution in [1.82, 2.24) is 9.29 Å². The van der Waals surface area contributed by atoms with Crippen molar-refractivity contribution in [2.45, 2.75) is 29.9 Å².